The first kappa shape index (κ1) is 20.3. The van der Waals surface area contributed by atoms with Gasteiger partial charge < -0.3 is 10.2 Å². The molecule has 0 heterocycles. The van der Waals surface area contributed by atoms with Crippen molar-refractivity contribution in [1.82, 2.24) is 5.32 Å². The lowest BCUT2D eigenvalue weighted by atomic mass is 10.1. The Balaban J connectivity index is 2.86. The Morgan fingerprint density at radius 3 is 2.42 bits per heavy atom. The summed E-state index contributed by atoms with van der Waals surface area (Å²) in [5.41, 5.74) is -0.922. The van der Waals surface area contributed by atoms with Crippen molar-refractivity contribution in [2.24, 2.45) is 5.92 Å². The van der Waals surface area contributed by atoms with Gasteiger partial charge >= 0.3 is 6.18 Å². The van der Waals surface area contributed by atoms with Crippen molar-refractivity contribution in [3.8, 4) is 0 Å². The van der Waals surface area contributed by atoms with E-state index in [1.165, 1.54) is 17.9 Å². The molecule has 1 N–H and O–H groups in total. The molecule has 0 aliphatic heterocycles. The fourth-order valence-electron chi connectivity index (χ4n) is 2.12. The van der Waals surface area contributed by atoms with Crippen LogP contribution in [-0.2, 0) is 15.8 Å². The van der Waals surface area contributed by atoms with Crippen LogP contribution in [0.3, 0.4) is 0 Å². The zero-order valence-electron chi connectivity index (χ0n) is 13.7. The number of amides is 2. The smallest absolute Gasteiger partial charge is 0.354 e. The molecular weight excluding hydrogens is 345 g/mol. The highest BCUT2D eigenvalue weighted by Crippen LogP contribution is 2.36. The van der Waals surface area contributed by atoms with E-state index in [9.17, 15) is 22.8 Å². The van der Waals surface area contributed by atoms with Gasteiger partial charge in [-0.15, -0.1) is 0 Å². The van der Waals surface area contributed by atoms with E-state index in [2.05, 4.69) is 5.32 Å². The van der Waals surface area contributed by atoms with Gasteiger partial charge in [-0.25, -0.2) is 0 Å². The molecule has 0 bridgehead atoms. The number of hydrogen-bond acceptors (Lipinski definition) is 2. The van der Waals surface area contributed by atoms with E-state index in [-0.39, 0.29) is 30.6 Å². The van der Waals surface area contributed by atoms with Gasteiger partial charge in [0, 0.05) is 32.1 Å². The Kier molecular flexibility index (Phi) is 7.08. The van der Waals surface area contributed by atoms with Crippen LogP contribution in [0.25, 0.3) is 0 Å². The molecule has 2 amide bonds. The predicted molar refractivity (Wildman–Crippen MR) is 86.9 cm³/mol. The molecule has 1 rings (SSSR count). The Bertz CT molecular complexity index is 603. The van der Waals surface area contributed by atoms with Gasteiger partial charge in [0.2, 0.25) is 11.8 Å². The first-order valence-corrected chi connectivity index (χ1v) is 7.81. The first-order chi connectivity index (χ1) is 11.0. The molecule has 0 unspecified atom stereocenters. The quantitative estimate of drug-likeness (QED) is 0.833. The summed E-state index contributed by atoms with van der Waals surface area (Å²) in [4.78, 5) is 24.5. The minimum atomic E-state index is -4.61. The van der Waals surface area contributed by atoms with Gasteiger partial charge in [0.05, 0.1) is 10.6 Å². The predicted octanol–water partition coefficient (Wildman–Crippen LogP) is 3.87. The van der Waals surface area contributed by atoms with E-state index < -0.39 is 22.7 Å². The van der Waals surface area contributed by atoms with Gasteiger partial charge in [0.1, 0.15) is 0 Å². The fraction of sp³-hybridized carbons (Fsp3) is 0.500. The number of halogens is 4. The largest absolute Gasteiger partial charge is 0.417 e. The average Bonchev–Trinajstić information content (AvgIpc) is 2.42. The molecule has 1 aromatic carbocycles. The van der Waals surface area contributed by atoms with Crippen LogP contribution in [-0.4, -0.2) is 24.9 Å². The van der Waals surface area contributed by atoms with E-state index in [4.69, 9.17) is 11.6 Å². The molecule has 0 radical (unpaired) electrons. The number of benzene rings is 1. The van der Waals surface area contributed by atoms with Crippen LogP contribution in [0.2, 0.25) is 5.02 Å². The second-order valence-corrected chi connectivity index (χ2v) is 6.19. The molecule has 0 aliphatic carbocycles. The van der Waals surface area contributed by atoms with Gasteiger partial charge in [-0.3, -0.25) is 9.59 Å². The summed E-state index contributed by atoms with van der Waals surface area (Å²) in [7, 11) is 0. The second kappa shape index (κ2) is 8.37. The van der Waals surface area contributed by atoms with E-state index in [0.29, 0.717) is 6.42 Å². The van der Waals surface area contributed by atoms with Crippen molar-refractivity contribution in [3.05, 3.63) is 28.8 Å². The van der Waals surface area contributed by atoms with Crippen LogP contribution < -0.4 is 10.2 Å². The highest BCUT2D eigenvalue weighted by Gasteiger charge is 2.34. The molecule has 0 spiro atoms. The van der Waals surface area contributed by atoms with Crippen molar-refractivity contribution in [2.45, 2.75) is 33.4 Å². The van der Waals surface area contributed by atoms with Crippen molar-refractivity contribution >= 4 is 29.1 Å². The third-order valence-corrected chi connectivity index (χ3v) is 3.53. The molecule has 8 heteroatoms. The zero-order valence-corrected chi connectivity index (χ0v) is 14.5. The zero-order chi connectivity index (χ0) is 18.5. The molecule has 0 saturated heterocycles. The molecule has 1 aromatic rings. The summed E-state index contributed by atoms with van der Waals surface area (Å²) in [6.45, 7) is 5.26. The summed E-state index contributed by atoms with van der Waals surface area (Å²) < 4.78 is 38.8. The Morgan fingerprint density at radius 1 is 1.29 bits per heavy atom. The van der Waals surface area contributed by atoms with Gasteiger partial charge in [-0.2, -0.15) is 13.2 Å². The summed E-state index contributed by atoms with van der Waals surface area (Å²) in [6.07, 6.45) is -4.26. The molecule has 134 valence electrons. The van der Waals surface area contributed by atoms with Gasteiger partial charge in [0.15, 0.2) is 0 Å². The molecular formula is C16H20ClF3N2O2. The van der Waals surface area contributed by atoms with Crippen molar-refractivity contribution in [1.29, 1.82) is 0 Å². The van der Waals surface area contributed by atoms with Gasteiger partial charge in [-0.05, 0) is 24.1 Å². The maximum absolute atomic E-state index is 12.9. The molecule has 0 saturated carbocycles. The average molecular weight is 365 g/mol. The Hall–Kier alpha value is -1.76. The van der Waals surface area contributed by atoms with Crippen LogP contribution >= 0.6 is 11.6 Å². The Labute approximate surface area is 144 Å². The number of nitrogens with zero attached hydrogens (tertiary/aromatic N) is 1. The third kappa shape index (κ3) is 6.03. The highest BCUT2D eigenvalue weighted by atomic mass is 35.5. The lowest BCUT2D eigenvalue weighted by Crippen LogP contribution is -2.38. The van der Waals surface area contributed by atoms with Gasteiger partial charge in [-0.1, -0.05) is 25.4 Å². The minimum absolute atomic E-state index is 0.0676. The van der Waals surface area contributed by atoms with Crippen LogP contribution in [0, 0.1) is 5.92 Å². The standard InChI is InChI=1S/C16H20ClF3N2O2/c1-10(2)8-15(24)21-6-7-22(11(3)23)12-4-5-14(17)13(9-12)16(18,19)20/h4-5,9-10H,6-8H2,1-3H3,(H,21,24). The molecule has 0 aliphatic rings. The number of rotatable bonds is 6. The summed E-state index contributed by atoms with van der Waals surface area (Å²) in [6, 6.07) is 3.28. The normalized spacial score (nSPS) is 11.5. The molecule has 0 fully saturated rings. The van der Waals surface area contributed by atoms with Crippen LogP contribution in [0.15, 0.2) is 18.2 Å². The number of hydrogen-bond donors (Lipinski definition) is 1. The van der Waals surface area contributed by atoms with Crippen LogP contribution in [0.1, 0.15) is 32.8 Å². The molecule has 0 aromatic heterocycles. The van der Waals surface area contributed by atoms with E-state index in [1.54, 1.807) is 0 Å². The van der Waals surface area contributed by atoms with Crippen molar-refractivity contribution in [2.75, 3.05) is 18.0 Å². The molecule has 24 heavy (non-hydrogen) atoms. The number of alkyl halides is 3. The monoisotopic (exact) mass is 364 g/mol. The number of carbonyl (C=O) groups is 2. The molecule has 4 nitrogen and oxygen atoms in total. The lowest BCUT2D eigenvalue weighted by molar-refractivity contribution is -0.137. The second-order valence-electron chi connectivity index (χ2n) is 5.78. The SMILES string of the molecule is CC(=O)N(CCNC(=O)CC(C)C)c1ccc(Cl)c(C(F)(F)F)c1. The molecule has 0 atom stereocenters. The van der Waals surface area contributed by atoms with Crippen molar-refractivity contribution < 1.29 is 22.8 Å². The highest BCUT2D eigenvalue weighted by molar-refractivity contribution is 6.31. The lowest BCUT2D eigenvalue weighted by Gasteiger charge is -2.23. The summed E-state index contributed by atoms with van der Waals surface area (Å²) in [5.74, 6) is -0.399. The van der Waals surface area contributed by atoms with Crippen LogP contribution in [0.4, 0.5) is 18.9 Å². The maximum Gasteiger partial charge on any atom is 0.417 e. The minimum Gasteiger partial charge on any atom is -0.354 e. The van der Waals surface area contributed by atoms with Crippen LogP contribution in [0.5, 0.6) is 0 Å². The maximum atomic E-state index is 12.9. The van der Waals surface area contributed by atoms with E-state index in [1.807, 2.05) is 13.8 Å². The van der Waals surface area contributed by atoms with Gasteiger partial charge in [0.25, 0.3) is 0 Å². The number of nitrogens with one attached hydrogen (secondary N) is 1. The van der Waals surface area contributed by atoms with E-state index >= 15 is 0 Å². The Morgan fingerprint density at radius 2 is 1.92 bits per heavy atom. The summed E-state index contributed by atoms with van der Waals surface area (Å²) >= 11 is 5.58. The van der Waals surface area contributed by atoms with E-state index in [0.717, 1.165) is 12.1 Å². The fourth-order valence-corrected chi connectivity index (χ4v) is 2.34. The third-order valence-electron chi connectivity index (χ3n) is 3.20. The first-order valence-electron chi connectivity index (χ1n) is 7.44. The topological polar surface area (TPSA) is 49.4 Å². The number of anilines is 1. The number of carbonyl (C=O) groups excluding carboxylic acids is 2. The summed E-state index contributed by atoms with van der Waals surface area (Å²) in [5, 5.41) is 2.21. The van der Waals surface area contributed by atoms with Crippen molar-refractivity contribution in [3.63, 3.8) is 0 Å².